The lowest BCUT2D eigenvalue weighted by Crippen LogP contribution is -2.40. The Labute approximate surface area is 187 Å². The smallest absolute Gasteiger partial charge is 0.227 e. The molecular weight excluding hydrogens is 386 g/mol. The zero-order valence-corrected chi connectivity index (χ0v) is 19.5. The molecule has 3 aliphatic rings. The molecule has 1 aromatic carbocycles. The first-order valence-electron chi connectivity index (χ1n) is 12.2. The lowest BCUT2D eigenvalue weighted by Gasteiger charge is -2.28. The third-order valence-corrected chi connectivity index (χ3v) is 7.47. The van der Waals surface area contributed by atoms with Crippen LogP contribution in [0.5, 0.6) is 0 Å². The molecule has 0 radical (unpaired) electrons. The largest absolute Gasteiger partial charge is 0.349 e. The maximum absolute atomic E-state index is 12.8. The summed E-state index contributed by atoms with van der Waals surface area (Å²) in [6, 6.07) is 10.5. The molecule has 4 rings (SSSR count). The topological polar surface area (TPSA) is 52.7 Å². The molecule has 2 aliphatic heterocycles. The van der Waals surface area contributed by atoms with E-state index in [0.29, 0.717) is 11.8 Å². The Balaban J connectivity index is 1.31. The van der Waals surface area contributed by atoms with Crippen molar-refractivity contribution in [2.45, 2.75) is 58.9 Å². The van der Waals surface area contributed by atoms with Gasteiger partial charge in [0.15, 0.2) is 0 Å². The summed E-state index contributed by atoms with van der Waals surface area (Å²) in [6.45, 7) is 11.0. The molecule has 170 valence electrons. The van der Waals surface area contributed by atoms with Crippen LogP contribution in [-0.4, -0.2) is 54.3 Å². The fourth-order valence-electron chi connectivity index (χ4n) is 5.71. The Morgan fingerprint density at radius 2 is 1.61 bits per heavy atom. The first kappa shape index (κ1) is 22.3. The first-order valence-corrected chi connectivity index (χ1v) is 12.2. The summed E-state index contributed by atoms with van der Waals surface area (Å²) in [6.07, 6.45) is 5.37. The predicted octanol–water partition coefficient (Wildman–Crippen LogP) is 3.86. The van der Waals surface area contributed by atoms with E-state index in [0.717, 1.165) is 52.0 Å². The van der Waals surface area contributed by atoms with Crippen molar-refractivity contribution in [1.29, 1.82) is 0 Å². The highest BCUT2D eigenvalue weighted by atomic mass is 16.2. The number of nitrogens with one attached hydrogen (secondary N) is 1. The normalized spacial score (nSPS) is 25.6. The summed E-state index contributed by atoms with van der Waals surface area (Å²) in [5, 5.41) is 3.37. The maximum Gasteiger partial charge on any atom is 0.227 e. The van der Waals surface area contributed by atoms with Gasteiger partial charge in [0.1, 0.15) is 0 Å². The van der Waals surface area contributed by atoms with Crippen LogP contribution < -0.4 is 5.32 Å². The van der Waals surface area contributed by atoms with Crippen molar-refractivity contribution in [2.24, 2.45) is 23.2 Å². The average molecular weight is 426 g/mol. The zero-order chi connectivity index (χ0) is 22.0. The van der Waals surface area contributed by atoms with Crippen LogP contribution >= 0.6 is 0 Å². The Bertz CT molecular complexity index is 753. The van der Waals surface area contributed by atoms with Crippen LogP contribution in [0.25, 0.3) is 0 Å². The number of amides is 2. The fourth-order valence-corrected chi connectivity index (χ4v) is 5.71. The number of fused-ring (bicyclic) bond motifs is 1. The van der Waals surface area contributed by atoms with Crippen molar-refractivity contribution in [3.63, 3.8) is 0 Å². The van der Waals surface area contributed by atoms with Crippen LogP contribution in [0.15, 0.2) is 30.3 Å². The molecule has 1 aromatic rings. The number of hydrogen-bond acceptors (Lipinski definition) is 3. The molecule has 0 aromatic heterocycles. The monoisotopic (exact) mass is 425 g/mol. The Morgan fingerprint density at radius 1 is 1.00 bits per heavy atom. The summed E-state index contributed by atoms with van der Waals surface area (Å²) in [7, 11) is 0. The second-order valence-corrected chi connectivity index (χ2v) is 11.0. The standard InChI is InChI=1S/C26H39N3O2/c1-26(2,3)25(31)29-17-21-15-28(16-22(21)18-29)14-13-23(19-9-5-4-6-10-19)27-24(30)20-11-7-8-12-20/h4-6,9-10,20-23H,7-8,11-18H2,1-3H3,(H,27,30)/t21-,22?,23?/m0/s1. The summed E-state index contributed by atoms with van der Waals surface area (Å²) in [5.41, 5.74) is 0.911. The van der Waals surface area contributed by atoms with E-state index >= 15 is 0 Å². The van der Waals surface area contributed by atoms with Crippen LogP contribution in [0.3, 0.4) is 0 Å². The van der Waals surface area contributed by atoms with E-state index in [1.807, 2.05) is 26.8 Å². The van der Waals surface area contributed by atoms with Gasteiger partial charge < -0.3 is 15.1 Å². The van der Waals surface area contributed by atoms with Gasteiger partial charge in [0.05, 0.1) is 6.04 Å². The third-order valence-electron chi connectivity index (χ3n) is 7.47. The molecule has 1 aliphatic carbocycles. The molecule has 0 bridgehead atoms. The van der Waals surface area contributed by atoms with E-state index in [-0.39, 0.29) is 29.2 Å². The molecule has 5 heteroatoms. The quantitative estimate of drug-likeness (QED) is 0.753. The van der Waals surface area contributed by atoms with Gasteiger partial charge in [0.2, 0.25) is 11.8 Å². The van der Waals surface area contributed by atoms with Crippen LogP contribution in [0.4, 0.5) is 0 Å². The van der Waals surface area contributed by atoms with E-state index in [1.165, 1.54) is 18.4 Å². The van der Waals surface area contributed by atoms with Gasteiger partial charge in [-0.05, 0) is 36.7 Å². The molecule has 0 spiro atoms. The molecule has 1 N–H and O–H groups in total. The Hall–Kier alpha value is -1.88. The van der Waals surface area contributed by atoms with Crippen molar-refractivity contribution in [3.8, 4) is 0 Å². The number of hydrogen-bond donors (Lipinski definition) is 1. The highest BCUT2D eigenvalue weighted by Crippen LogP contribution is 2.34. The highest BCUT2D eigenvalue weighted by molar-refractivity contribution is 5.82. The highest BCUT2D eigenvalue weighted by Gasteiger charge is 2.43. The molecule has 2 unspecified atom stereocenters. The summed E-state index contributed by atoms with van der Waals surface area (Å²) in [5.74, 6) is 1.90. The van der Waals surface area contributed by atoms with E-state index in [4.69, 9.17) is 0 Å². The molecule has 3 fully saturated rings. The fraction of sp³-hybridized carbons (Fsp3) is 0.692. The van der Waals surface area contributed by atoms with E-state index < -0.39 is 0 Å². The number of rotatable bonds is 6. The van der Waals surface area contributed by atoms with Crippen molar-refractivity contribution in [2.75, 3.05) is 32.7 Å². The van der Waals surface area contributed by atoms with Gasteiger partial charge in [0.25, 0.3) is 0 Å². The first-order chi connectivity index (χ1) is 14.8. The number of carbonyl (C=O) groups excluding carboxylic acids is 2. The Morgan fingerprint density at radius 3 is 2.19 bits per heavy atom. The van der Waals surface area contributed by atoms with Crippen molar-refractivity contribution >= 4 is 11.8 Å². The Kier molecular flexibility index (Phi) is 6.71. The van der Waals surface area contributed by atoms with Crippen LogP contribution in [0.1, 0.15) is 64.5 Å². The minimum Gasteiger partial charge on any atom is -0.349 e. The van der Waals surface area contributed by atoms with Crippen molar-refractivity contribution in [1.82, 2.24) is 15.1 Å². The number of benzene rings is 1. The molecular formula is C26H39N3O2. The minimum absolute atomic E-state index is 0.0775. The molecule has 3 atom stereocenters. The van der Waals surface area contributed by atoms with Gasteiger partial charge in [0, 0.05) is 44.1 Å². The van der Waals surface area contributed by atoms with Gasteiger partial charge in [-0.1, -0.05) is 63.9 Å². The number of nitrogens with zero attached hydrogens (tertiary/aromatic N) is 2. The third kappa shape index (κ3) is 5.31. The summed E-state index contributed by atoms with van der Waals surface area (Å²) >= 11 is 0. The SMILES string of the molecule is CC(C)(C)C(=O)N1CC2CN(CCC(NC(=O)C3CCCC3)c3ccccc3)C[C@H]2C1. The van der Waals surface area contributed by atoms with E-state index in [2.05, 4.69) is 39.4 Å². The van der Waals surface area contributed by atoms with Crippen LogP contribution in [0.2, 0.25) is 0 Å². The molecule has 2 amide bonds. The molecule has 2 saturated heterocycles. The van der Waals surface area contributed by atoms with Crippen LogP contribution in [-0.2, 0) is 9.59 Å². The zero-order valence-electron chi connectivity index (χ0n) is 19.5. The molecule has 2 heterocycles. The average Bonchev–Trinajstić information content (AvgIpc) is 3.46. The predicted molar refractivity (Wildman–Crippen MR) is 123 cm³/mol. The lowest BCUT2D eigenvalue weighted by molar-refractivity contribution is -0.138. The van der Waals surface area contributed by atoms with Crippen molar-refractivity contribution in [3.05, 3.63) is 35.9 Å². The molecule has 31 heavy (non-hydrogen) atoms. The van der Waals surface area contributed by atoms with Gasteiger partial charge in [-0.2, -0.15) is 0 Å². The van der Waals surface area contributed by atoms with Gasteiger partial charge in [-0.25, -0.2) is 0 Å². The lowest BCUT2D eigenvalue weighted by atomic mass is 9.95. The summed E-state index contributed by atoms with van der Waals surface area (Å²) in [4.78, 5) is 30.1. The minimum atomic E-state index is -0.293. The number of carbonyl (C=O) groups is 2. The maximum atomic E-state index is 12.8. The van der Waals surface area contributed by atoms with Crippen LogP contribution in [0, 0.1) is 23.2 Å². The van der Waals surface area contributed by atoms with Crippen molar-refractivity contribution < 1.29 is 9.59 Å². The van der Waals surface area contributed by atoms with E-state index in [9.17, 15) is 9.59 Å². The van der Waals surface area contributed by atoms with E-state index in [1.54, 1.807) is 0 Å². The second-order valence-electron chi connectivity index (χ2n) is 11.0. The second kappa shape index (κ2) is 9.32. The molecule has 1 saturated carbocycles. The number of likely N-dealkylation sites (tertiary alicyclic amines) is 2. The van der Waals surface area contributed by atoms with Gasteiger partial charge in [-0.15, -0.1) is 0 Å². The summed E-state index contributed by atoms with van der Waals surface area (Å²) < 4.78 is 0. The van der Waals surface area contributed by atoms with Gasteiger partial charge >= 0.3 is 0 Å². The van der Waals surface area contributed by atoms with Gasteiger partial charge in [-0.3, -0.25) is 9.59 Å². The molecule has 5 nitrogen and oxygen atoms in total.